The van der Waals surface area contributed by atoms with Crippen molar-refractivity contribution in [2.75, 3.05) is 27.6 Å². The Balaban J connectivity index is 1.92. The van der Waals surface area contributed by atoms with E-state index in [-0.39, 0.29) is 49.6 Å². The van der Waals surface area contributed by atoms with Crippen LogP contribution in [0.15, 0.2) is 12.2 Å². The number of nitrogens with zero attached hydrogens (tertiary/aromatic N) is 1. The van der Waals surface area contributed by atoms with Crippen LogP contribution in [0.5, 0.6) is 0 Å². The predicted octanol–water partition coefficient (Wildman–Crippen LogP) is 1.68. The number of hydrogen-bond acceptors (Lipinski definition) is 6. The van der Waals surface area contributed by atoms with E-state index in [4.69, 9.17) is 9.47 Å². The van der Waals surface area contributed by atoms with Gasteiger partial charge < -0.3 is 14.2 Å². The van der Waals surface area contributed by atoms with Gasteiger partial charge in [-0.15, -0.1) is 0 Å². The van der Waals surface area contributed by atoms with E-state index in [2.05, 4.69) is 16.2 Å². The molecular weight excluding hydrogens is 298 g/mol. The fraction of sp³-hybridized carbons (Fsp3) is 0.765. The van der Waals surface area contributed by atoms with Crippen LogP contribution in [0, 0.1) is 0 Å². The van der Waals surface area contributed by atoms with Crippen LogP contribution in [0.2, 0.25) is 0 Å². The number of hydrogen-bond donors (Lipinski definition) is 0. The number of ether oxygens (including phenoxy) is 3. The Kier molecular flexibility index (Phi) is 6.74. The normalized spacial score (nSPS) is 27.7. The van der Waals surface area contributed by atoms with Crippen molar-refractivity contribution in [3.05, 3.63) is 12.2 Å². The van der Waals surface area contributed by atoms with Gasteiger partial charge in [0.25, 0.3) is 0 Å². The smallest absolute Gasteiger partial charge is 0.305 e. The molecule has 0 aromatic heterocycles. The van der Waals surface area contributed by atoms with Gasteiger partial charge in [0, 0.05) is 32.0 Å². The Labute approximate surface area is 137 Å². The predicted molar refractivity (Wildman–Crippen MR) is 84.9 cm³/mol. The molecule has 2 heterocycles. The van der Waals surface area contributed by atoms with Gasteiger partial charge in [-0.1, -0.05) is 6.58 Å². The molecule has 0 aromatic carbocycles. The van der Waals surface area contributed by atoms with Crippen molar-refractivity contribution in [2.24, 2.45) is 0 Å². The lowest BCUT2D eigenvalue weighted by Crippen LogP contribution is -2.52. The summed E-state index contributed by atoms with van der Waals surface area (Å²) in [6, 6.07) is 0.451. The van der Waals surface area contributed by atoms with E-state index in [9.17, 15) is 9.59 Å². The van der Waals surface area contributed by atoms with Crippen LogP contribution < -0.4 is 0 Å². The first-order valence-electron chi connectivity index (χ1n) is 8.19. The molecule has 0 radical (unpaired) electrons. The molecule has 6 heteroatoms. The topological polar surface area (TPSA) is 65.1 Å². The molecule has 0 aliphatic carbocycles. The molecule has 0 spiro atoms. The first kappa shape index (κ1) is 18.1. The third kappa shape index (κ3) is 4.62. The van der Waals surface area contributed by atoms with Gasteiger partial charge >= 0.3 is 5.97 Å². The second-order valence-corrected chi connectivity index (χ2v) is 6.28. The van der Waals surface area contributed by atoms with Crippen LogP contribution in [0.3, 0.4) is 0 Å². The summed E-state index contributed by atoms with van der Waals surface area (Å²) in [5.74, 6) is -0.228. The minimum absolute atomic E-state index is 0.0149. The zero-order valence-electron chi connectivity index (χ0n) is 14.1. The van der Waals surface area contributed by atoms with Crippen molar-refractivity contribution in [1.82, 2.24) is 4.90 Å². The third-order valence-electron chi connectivity index (χ3n) is 4.73. The van der Waals surface area contributed by atoms with Crippen LogP contribution in [0.1, 0.15) is 38.5 Å². The first-order valence-corrected chi connectivity index (χ1v) is 8.19. The van der Waals surface area contributed by atoms with E-state index >= 15 is 0 Å². The maximum atomic E-state index is 12.2. The highest BCUT2D eigenvalue weighted by molar-refractivity contribution is 5.83. The van der Waals surface area contributed by atoms with Gasteiger partial charge in [0.2, 0.25) is 0 Å². The van der Waals surface area contributed by atoms with Gasteiger partial charge in [-0.05, 0) is 31.4 Å². The van der Waals surface area contributed by atoms with Crippen molar-refractivity contribution in [1.29, 1.82) is 0 Å². The third-order valence-corrected chi connectivity index (χ3v) is 4.73. The van der Waals surface area contributed by atoms with E-state index in [1.807, 2.05) is 0 Å². The number of piperidine rings is 1. The number of esters is 1. The summed E-state index contributed by atoms with van der Waals surface area (Å²) < 4.78 is 15.4. The standard InChI is InChI=1S/C17H27NO5/c1-12-9-13(10-14(19)6-7-16(20)22-3)18-8-4-5-15(18)17(12)23-11-21-2/h13,15,17H,1,4-11H2,2-3H3. The molecule has 2 aliphatic rings. The summed E-state index contributed by atoms with van der Waals surface area (Å²) in [7, 11) is 2.95. The molecule has 2 fully saturated rings. The summed E-state index contributed by atoms with van der Waals surface area (Å²) in [4.78, 5) is 25.7. The van der Waals surface area contributed by atoms with Gasteiger partial charge in [0.1, 0.15) is 12.6 Å². The lowest BCUT2D eigenvalue weighted by atomic mass is 9.87. The summed E-state index contributed by atoms with van der Waals surface area (Å²) in [5, 5.41) is 0. The fourth-order valence-corrected chi connectivity index (χ4v) is 3.67. The monoisotopic (exact) mass is 325 g/mol. The number of methoxy groups -OCH3 is 2. The van der Waals surface area contributed by atoms with Crippen LogP contribution in [0.25, 0.3) is 0 Å². The molecule has 23 heavy (non-hydrogen) atoms. The number of ketones is 1. The molecule has 0 N–H and O–H groups in total. The number of Topliss-reactive ketones (excluding diaryl/α,β-unsaturated/α-hetero) is 1. The molecular formula is C17H27NO5. The largest absolute Gasteiger partial charge is 0.469 e. The molecule has 0 amide bonds. The Morgan fingerprint density at radius 2 is 2.09 bits per heavy atom. The molecule has 0 aromatic rings. The van der Waals surface area contributed by atoms with Crippen LogP contribution >= 0.6 is 0 Å². The van der Waals surface area contributed by atoms with E-state index < -0.39 is 0 Å². The number of carbonyl (C=O) groups is 2. The maximum absolute atomic E-state index is 12.2. The Morgan fingerprint density at radius 1 is 1.30 bits per heavy atom. The van der Waals surface area contributed by atoms with Crippen LogP contribution in [-0.4, -0.2) is 62.4 Å². The molecule has 6 nitrogen and oxygen atoms in total. The zero-order valence-corrected chi connectivity index (χ0v) is 14.1. The molecule has 0 bridgehead atoms. The Morgan fingerprint density at radius 3 is 2.78 bits per heavy atom. The van der Waals surface area contributed by atoms with E-state index in [1.54, 1.807) is 7.11 Å². The fourth-order valence-electron chi connectivity index (χ4n) is 3.67. The molecule has 2 aliphatic heterocycles. The summed E-state index contributed by atoms with van der Waals surface area (Å²) in [5.41, 5.74) is 1.04. The molecule has 130 valence electrons. The second kappa shape index (κ2) is 8.57. The van der Waals surface area contributed by atoms with Crippen LogP contribution in [0.4, 0.5) is 0 Å². The zero-order chi connectivity index (χ0) is 16.8. The summed E-state index contributed by atoms with van der Waals surface area (Å²) >= 11 is 0. The quantitative estimate of drug-likeness (QED) is 0.384. The van der Waals surface area contributed by atoms with Gasteiger partial charge in [-0.2, -0.15) is 0 Å². The minimum Gasteiger partial charge on any atom is -0.469 e. The van der Waals surface area contributed by atoms with E-state index in [0.717, 1.165) is 31.4 Å². The SMILES string of the molecule is C=C1CC(CC(=O)CCC(=O)OC)N2CCCC2C1OCOC. The van der Waals surface area contributed by atoms with Gasteiger partial charge in [0.15, 0.2) is 0 Å². The molecule has 3 unspecified atom stereocenters. The summed E-state index contributed by atoms with van der Waals surface area (Å²) in [6.45, 7) is 5.41. The Bertz CT molecular complexity index is 450. The highest BCUT2D eigenvalue weighted by Gasteiger charge is 2.42. The summed E-state index contributed by atoms with van der Waals surface area (Å²) in [6.07, 6.45) is 3.78. The maximum Gasteiger partial charge on any atom is 0.305 e. The van der Waals surface area contributed by atoms with Crippen molar-refractivity contribution < 1.29 is 23.8 Å². The van der Waals surface area contributed by atoms with Gasteiger partial charge in [-0.3, -0.25) is 14.5 Å². The average Bonchev–Trinajstić information content (AvgIpc) is 3.02. The van der Waals surface area contributed by atoms with Gasteiger partial charge in [-0.25, -0.2) is 0 Å². The Hall–Kier alpha value is -1.24. The van der Waals surface area contributed by atoms with E-state index in [1.165, 1.54) is 7.11 Å². The molecule has 3 atom stereocenters. The number of carbonyl (C=O) groups excluding carboxylic acids is 2. The highest BCUT2D eigenvalue weighted by Crippen LogP contribution is 2.36. The molecule has 2 saturated heterocycles. The number of rotatable bonds is 8. The first-order chi connectivity index (χ1) is 11.1. The second-order valence-electron chi connectivity index (χ2n) is 6.28. The molecule has 0 saturated carbocycles. The number of fused-ring (bicyclic) bond motifs is 1. The van der Waals surface area contributed by atoms with Crippen molar-refractivity contribution in [3.8, 4) is 0 Å². The minimum atomic E-state index is -0.335. The molecule has 2 rings (SSSR count). The van der Waals surface area contributed by atoms with Crippen molar-refractivity contribution in [3.63, 3.8) is 0 Å². The average molecular weight is 325 g/mol. The van der Waals surface area contributed by atoms with Crippen molar-refractivity contribution >= 4 is 11.8 Å². The highest BCUT2D eigenvalue weighted by atomic mass is 16.7. The van der Waals surface area contributed by atoms with Crippen molar-refractivity contribution in [2.45, 2.75) is 56.7 Å². The van der Waals surface area contributed by atoms with Gasteiger partial charge in [0.05, 0.1) is 19.6 Å². The van der Waals surface area contributed by atoms with E-state index in [0.29, 0.717) is 6.42 Å². The van der Waals surface area contributed by atoms with Crippen LogP contribution in [-0.2, 0) is 23.8 Å². The lowest BCUT2D eigenvalue weighted by Gasteiger charge is -2.43. The lowest BCUT2D eigenvalue weighted by molar-refractivity contribution is -0.142.